The Bertz CT molecular complexity index is 410. The van der Waals surface area contributed by atoms with Gasteiger partial charge in [-0.15, -0.1) is 0 Å². The highest BCUT2D eigenvalue weighted by Gasteiger charge is 2.17. The predicted molar refractivity (Wildman–Crippen MR) is 67.1 cm³/mol. The molecule has 0 bridgehead atoms. The maximum Gasteiger partial charge on any atom is 0.134 e. The number of fused-ring (bicyclic) bond motifs is 1. The maximum absolute atomic E-state index is 9.92. The Labute approximate surface area is 97.4 Å². The van der Waals surface area contributed by atoms with Gasteiger partial charge in [-0.25, -0.2) is 0 Å². The Balaban J connectivity index is 2.43. The van der Waals surface area contributed by atoms with Crippen molar-refractivity contribution in [1.29, 1.82) is 0 Å². The fourth-order valence-electron chi connectivity index (χ4n) is 1.57. The summed E-state index contributed by atoms with van der Waals surface area (Å²) in [5.41, 5.74) is 3.41. The lowest BCUT2D eigenvalue weighted by Crippen LogP contribution is -2.12. The molecule has 1 aromatic carbocycles. The minimum Gasteiger partial charge on any atom is -0.506 e. The van der Waals surface area contributed by atoms with Gasteiger partial charge in [0.1, 0.15) is 5.75 Å². The van der Waals surface area contributed by atoms with Gasteiger partial charge >= 0.3 is 0 Å². The van der Waals surface area contributed by atoms with Crippen LogP contribution in [0.15, 0.2) is 6.07 Å². The minimum atomic E-state index is 0.433. The second-order valence-electron chi connectivity index (χ2n) is 3.77. The van der Waals surface area contributed by atoms with E-state index in [0.29, 0.717) is 5.75 Å². The number of hydrogen-bond acceptors (Lipinski definition) is 2. The zero-order valence-electron chi connectivity index (χ0n) is 8.21. The van der Waals surface area contributed by atoms with Gasteiger partial charge in [0.05, 0.1) is 3.57 Å². The van der Waals surface area contributed by atoms with Crippen molar-refractivity contribution < 1.29 is 5.11 Å². The van der Waals surface area contributed by atoms with E-state index in [9.17, 15) is 5.11 Å². The summed E-state index contributed by atoms with van der Waals surface area (Å²) < 4.78 is 0.972. The molecule has 0 saturated heterocycles. The molecule has 1 N–H and O–H groups in total. The summed E-state index contributed by atoms with van der Waals surface area (Å²) >= 11 is 2.20. The molecular weight excluding hydrogens is 289 g/mol. The van der Waals surface area contributed by atoms with Gasteiger partial charge in [0, 0.05) is 12.1 Å². The lowest BCUT2D eigenvalue weighted by molar-refractivity contribution is 0.385. The molecule has 2 rings (SSSR count). The second-order valence-corrected chi connectivity index (χ2v) is 4.85. The molecule has 0 heterocycles. The van der Waals surface area contributed by atoms with Crippen molar-refractivity contribution in [2.75, 3.05) is 14.1 Å². The third-order valence-corrected chi connectivity index (χ3v) is 3.40. The van der Waals surface area contributed by atoms with E-state index in [2.05, 4.69) is 39.6 Å². The van der Waals surface area contributed by atoms with E-state index >= 15 is 0 Å². The van der Waals surface area contributed by atoms with E-state index in [4.69, 9.17) is 0 Å². The largest absolute Gasteiger partial charge is 0.506 e. The Morgan fingerprint density at radius 2 is 2.07 bits per heavy atom. The third-order valence-electron chi connectivity index (χ3n) is 2.31. The van der Waals surface area contributed by atoms with Gasteiger partial charge in [0.25, 0.3) is 0 Å². The van der Waals surface area contributed by atoms with Crippen molar-refractivity contribution in [3.05, 3.63) is 26.3 Å². The summed E-state index contributed by atoms with van der Waals surface area (Å²) in [5, 5.41) is 9.92. The molecule has 1 aliphatic rings. The number of hydrogen-bond donors (Lipinski definition) is 1. The van der Waals surface area contributed by atoms with E-state index in [1.54, 1.807) is 0 Å². The first-order valence-corrected chi connectivity index (χ1v) is 5.54. The molecule has 0 saturated carbocycles. The summed E-state index contributed by atoms with van der Waals surface area (Å²) in [5.74, 6) is 0.433. The first-order valence-electron chi connectivity index (χ1n) is 4.46. The summed E-state index contributed by atoms with van der Waals surface area (Å²) in [6, 6.07) is 2.06. The quantitative estimate of drug-likeness (QED) is 0.862. The first kappa shape index (κ1) is 9.98. The van der Waals surface area contributed by atoms with Crippen molar-refractivity contribution >= 4 is 34.7 Å². The molecule has 1 aromatic rings. The molecule has 0 aromatic heterocycles. The highest BCUT2D eigenvalue weighted by molar-refractivity contribution is 14.1. The Morgan fingerprint density at radius 3 is 2.57 bits per heavy atom. The second kappa shape index (κ2) is 3.55. The lowest BCUT2D eigenvalue weighted by Gasteiger charge is -2.19. The van der Waals surface area contributed by atoms with Crippen LogP contribution in [0.3, 0.4) is 0 Å². The van der Waals surface area contributed by atoms with Crippen LogP contribution in [-0.4, -0.2) is 24.1 Å². The standard InChI is InChI=1S/C11H12INO/c1-13(2)6-8-5-7-3-4-9(7)10(12)11(8)14/h3-5,14H,6H2,1-2H3. The first-order chi connectivity index (χ1) is 6.59. The molecule has 2 nitrogen and oxygen atoms in total. The van der Waals surface area contributed by atoms with Crippen LogP contribution in [-0.2, 0) is 6.54 Å². The van der Waals surface area contributed by atoms with Crippen LogP contribution < -0.4 is 0 Å². The van der Waals surface area contributed by atoms with Crippen LogP contribution >= 0.6 is 22.6 Å². The maximum atomic E-state index is 9.92. The van der Waals surface area contributed by atoms with Crippen molar-refractivity contribution in [1.82, 2.24) is 4.90 Å². The Kier molecular flexibility index (Phi) is 2.53. The number of rotatable bonds is 2. The molecule has 1 aliphatic carbocycles. The SMILES string of the molecule is CN(C)Cc1cc2c(c(I)c1O)C=C2. The highest BCUT2D eigenvalue weighted by atomic mass is 127. The number of aromatic hydroxyl groups is 1. The topological polar surface area (TPSA) is 23.5 Å². The molecule has 0 radical (unpaired) electrons. The van der Waals surface area contributed by atoms with Crippen LogP contribution in [0.5, 0.6) is 5.75 Å². The highest BCUT2D eigenvalue weighted by Crippen LogP contribution is 2.37. The van der Waals surface area contributed by atoms with Crippen LogP contribution in [0.2, 0.25) is 0 Å². The molecule has 3 heteroatoms. The predicted octanol–water partition coefficient (Wildman–Crippen LogP) is 2.54. The average Bonchev–Trinajstić information content (AvgIpc) is 2.06. The zero-order valence-corrected chi connectivity index (χ0v) is 10.4. The van der Waals surface area contributed by atoms with E-state index < -0.39 is 0 Å². The Hall–Kier alpha value is -0.550. The summed E-state index contributed by atoms with van der Waals surface area (Å²) in [7, 11) is 4.00. The van der Waals surface area contributed by atoms with Crippen LogP contribution in [0, 0.1) is 3.57 Å². The van der Waals surface area contributed by atoms with Crippen LogP contribution in [0.1, 0.15) is 16.7 Å². The van der Waals surface area contributed by atoms with E-state index in [1.807, 2.05) is 20.2 Å². The summed E-state index contributed by atoms with van der Waals surface area (Å²) in [6.07, 6.45) is 4.12. The van der Waals surface area contributed by atoms with Crippen LogP contribution in [0.4, 0.5) is 0 Å². The molecule has 0 fully saturated rings. The van der Waals surface area contributed by atoms with Gasteiger partial charge in [0.2, 0.25) is 0 Å². The molecule has 74 valence electrons. The fraction of sp³-hybridized carbons (Fsp3) is 0.273. The van der Waals surface area contributed by atoms with Crippen molar-refractivity contribution in [2.45, 2.75) is 6.54 Å². The van der Waals surface area contributed by atoms with Crippen LogP contribution in [0.25, 0.3) is 12.2 Å². The molecule has 0 spiro atoms. The molecule has 14 heavy (non-hydrogen) atoms. The number of phenols is 1. The van der Waals surface area contributed by atoms with Gasteiger partial charge in [-0.05, 0) is 53.9 Å². The molecular formula is C11H12INO. The van der Waals surface area contributed by atoms with Gasteiger partial charge in [-0.2, -0.15) is 0 Å². The third kappa shape index (κ3) is 1.54. The molecule has 0 atom stereocenters. The van der Waals surface area contributed by atoms with Gasteiger partial charge < -0.3 is 10.0 Å². The number of benzene rings is 1. The smallest absolute Gasteiger partial charge is 0.134 e. The van der Waals surface area contributed by atoms with E-state index in [0.717, 1.165) is 15.7 Å². The lowest BCUT2D eigenvalue weighted by atomic mass is 9.94. The van der Waals surface area contributed by atoms with Crippen molar-refractivity contribution in [2.24, 2.45) is 0 Å². The van der Waals surface area contributed by atoms with E-state index in [1.165, 1.54) is 11.1 Å². The number of phenolic OH excluding ortho intramolecular Hbond substituents is 1. The fourth-order valence-corrected chi connectivity index (χ4v) is 2.41. The van der Waals surface area contributed by atoms with Gasteiger partial charge in [-0.1, -0.05) is 12.2 Å². The average molecular weight is 301 g/mol. The number of halogens is 1. The molecule has 0 aliphatic heterocycles. The zero-order chi connectivity index (χ0) is 10.3. The summed E-state index contributed by atoms with van der Waals surface area (Å²) in [4.78, 5) is 2.06. The van der Waals surface area contributed by atoms with Crippen molar-refractivity contribution in [3.8, 4) is 5.75 Å². The van der Waals surface area contributed by atoms with Gasteiger partial charge in [-0.3, -0.25) is 0 Å². The monoisotopic (exact) mass is 301 g/mol. The Morgan fingerprint density at radius 1 is 1.36 bits per heavy atom. The normalized spacial score (nSPS) is 12.9. The summed E-state index contributed by atoms with van der Waals surface area (Å²) in [6.45, 7) is 0.781. The number of nitrogens with zero attached hydrogens (tertiary/aromatic N) is 1. The van der Waals surface area contributed by atoms with Crippen molar-refractivity contribution in [3.63, 3.8) is 0 Å². The molecule has 0 unspecified atom stereocenters. The van der Waals surface area contributed by atoms with Gasteiger partial charge in [0.15, 0.2) is 0 Å². The molecule has 0 amide bonds. The van der Waals surface area contributed by atoms with E-state index in [-0.39, 0.29) is 0 Å². The minimum absolute atomic E-state index is 0.433.